The Kier molecular flexibility index (Phi) is 20.9. The summed E-state index contributed by atoms with van der Waals surface area (Å²) in [5.41, 5.74) is 0.287. The highest BCUT2D eigenvalue weighted by molar-refractivity contribution is 7.09. The molecule has 4 aliphatic rings. The summed E-state index contributed by atoms with van der Waals surface area (Å²) in [6.07, 6.45) is 5.72. The summed E-state index contributed by atoms with van der Waals surface area (Å²) in [5, 5.41) is 35.7. The van der Waals surface area contributed by atoms with E-state index in [9.17, 15) is 34.5 Å². The molecule has 0 radical (unpaired) electrons. The molecule has 4 fully saturated rings. The van der Waals surface area contributed by atoms with Crippen LogP contribution in [0.2, 0.25) is 0 Å². The molecule has 3 N–H and O–H groups in total. The van der Waals surface area contributed by atoms with Crippen LogP contribution in [0.4, 0.5) is 0 Å². The summed E-state index contributed by atoms with van der Waals surface area (Å²) in [4.78, 5) is 61.7. The van der Waals surface area contributed by atoms with Gasteiger partial charge in [0, 0.05) is 36.0 Å². The molecule has 4 saturated heterocycles. The van der Waals surface area contributed by atoms with Gasteiger partial charge in [-0.2, -0.15) is 0 Å². The first-order chi connectivity index (χ1) is 33.3. The molecule has 0 spiro atoms. The number of aliphatic hydroxyl groups is 3. The maximum absolute atomic E-state index is 13.4. The second-order valence-corrected chi connectivity index (χ2v) is 24.9. The molecule has 2 aromatic heterocycles. The van der Waals surface area contributed by atoms with Crippen LogP contribution < -0.4 is 0 Å². The molecular formula is C58H92N2O12S. The molecule has 0 amide bonds. The number of nitrogens with zero attached hydrogens (tertiary/aromatic N) is 2. The lowest BCUT2D eigenvalue weighted by Crippen LogP contribution is -2.46. The maximum Gasteiger partial charge on any atom is 0.309 e. The number of thiazole rings is 1. The lowest BCUT2D eigenvalue weighted by molar-refractivity contribution is -0.157. The number of hydrogen-bond donors (Lipinski definition) is 3. The van der Waals surface area contributed by atoms with E-state index in [0.29, 0.717) is 17.5 Å². The Morgan fingerprint density at radius 1 is 0.644 bits per heavy atom. The van der Waals surface area contributed by atoms with Gasteiger partial charge in [-0.15, -0.1) is 11.3 Å². The summed E-state index contributed by atoms with van der Waals surface area (Å²) in [7, 11) is 0. The highest BCUT2D eigenvalue weighted by atomic mass is 32.1. The first kappa shape index (κ1) is 61.9. The molecule has 6 rings (SSSR count). The third-order valence-corrected chi connectivity index (χ3v) is 18.0. The number of Topliss-reactive ketones (excluding diaryl/α,β-unsaturated/α-hetero) is 2. The van der Waals surface area contributed by atoms with Gasteiger partial charge in [0.25, 0.3) is 0 Å². The average molecular weight is 1040 g/mol. The Bertz CT molecular complexity index is 2120. The molecule has 14 nitrogen and oxygen atoms in total. The van der Waals surface area contributed by atoms with Crippen LogP contribution in [-0.4, -0.2) is 103 Å². The standard InChI is InChI=1S/C29H45NO6.C28H43NO6S.CH4/c1-16-11-10-12-29(9)27(36-29)20(5)25(17(2)13-22-15-34-21(6)30-22)35-24(32)14-23(31)28(7,8)26(33)19(4)18(16)3;1-15-10-9-11-28(8)26(35-28)18(4)24(16(2)12-20-14-36-19(5)29-20)34-22(31)13-21(30)27(6,7)25(33)17(3)23(15)32;/h13,15-16,18-20,23,25,27,31H,10-12,14H2,1-9H3;12,14-15,17-18,21,23-24,26,30,32H,9-11,13H2,1-8H3;1H4/b17-13+;16-12+;/t16-,18-,19+,20+,23-,25+,27-,29+;15-,17+,18+,21-,23-,24+,26-,28+;/m00./s1. The van der Waals surface area contributed by atoms with Crippen LogP contribution in [0.5, 0.6) is 0 Å². The third-order valence-electron chi connectivity index (χ3n) is 17.2. The normalized spacial score (nSPS) is 38.3. The number of esters is 2. The first-order valence-electron chi connectivity index (χ1n) is 26.4. The fraction of sp³-hybridized carbons (Fsp3) is 0.759. The lowest BCUT2D eigenvalue weighted by Gasteiger charge is -2.35. The summed E-state index contributed by atoms with van der Waals surface area (Å²) >= 11 is 1.56. The van der Waals surface area contributed by atoms with E-state index in [1.807, 2.05) is 66.0 Å². The number of aryl methyl sites for hydroxylation is 2. The van der Waals surface area contributed by atoms with E-state index in [2.05, 4.69) is 37.7 Å². The number of epoxide rings is 2. The zero-order chi connectivity index (χ0) is 54.0. The molecule has 16 atom stereocenters. The quantitative estimate of drug-likeness (QED) is 0.192. The van der Waals surface area contributed by atoms with Crippen molar-refractivity contribution in [2.75, 3.05) is 0 Å². The van der Waals surface area contributed by atoms with Gasteiger partial charge in [-0.05, 0) is 94.9 Å². The van der Waals surface area contributed by atoms with Gasteiger partial charge in [-0.3, -0.25) is 19.2 Å². The van der Waals surface area contributed by atoms with Crippen LogP contribution >= 0.6 is 11.3 Å². The Balaban J connectivity index is 0.000000312. The minimum Gasteiger partial charge on any atom is -0.457 e. The number of ether oxygens (including phenoxy) is 4. The van der Waals surface area contributed by atoms with Crippen molar-refractivity contribution in [2.24, 2.45) is 52.3 Å². The van der Waals surface area contributed by atoms with E-state index in [-0.39, 0.29) is 84.8 Å². The highest BCUT2D eigenvalue weighted by Gasteiger charge is 2.58. The van der Waals surface area contributed by atoms with E-state index in [4.69, 9.17) is 23.4 Å². The topological polar surface area (TPSA) is 211 Å². The number of oxazole rings is 1. The number of aliphatic hydroxyl groups excluding tert-OH is 3. The number of carbonyl (C=O) groups excluding carboxylic acids is 4. The van der Waals surface area contributed by atoms with Crippen molar-refractivity contribution in [3.63, 3.8) is 0 Å². The van der Waals surface area contributed by atoms with Crippen LogP contribution in [-0.2, 0) is 38.1 Å². The van der Waals surface area contributed by atoms with E-state index >= 15 is 0 Å². The SMILES string of the molecule is C.C/C(=C\c1coc(C)n1)[C@H]1OC(=O)C[C@H](O)C(C)(C)C(=O)[C@H](C)[C@@H](C)[C@@H](C)CCC[C@@]2(C)O[C@H]2[C@@H]1C.C/C(=C\c1csc(C)n1)[C@H]1OC(=O)C[C@H](O)C(C)(C)C(=O)[C@H](C)[C@@H](O)[C@@H](C)CCC[C@@]2(C)O[C@H]2[C@@H]1C. The van der Waals surface area contributed by atoms with Crippen LogP contribution in [0.15, 0.2) is 27.2 Å². The van der Waals surface area contributed by atoms with Crippen molar-refractivity contribution in [3.05, 3.63) is 45.1 Å². The number of cyclic esters (lactones) is 2. The lowest BCUT2D eigenvalue weighted by atomic mass is 9.70. The zero-order valence-corrected chi connectivity index (χ0v) is 47.2. The monoisotopic (exact) mass is 1040 g/mol. The van der Waals surface area contributed by atoms with Crippen molar-refractivity contribution in [2.45, 2.75) is 230 Å². The summed E-state index contributed by atoms with van der Waals surface area (Å²) in [5.74, 6) is -1.47. The number of aromatic nitrogens is 2. The molecule has 412 valence electrons. The van der Waals surface area contributed by atoms with Gasteiger partial charge in [0.15, 0.2) is 5.89 Å². The maximum atomic E-state index is 13.4. The van der Waals surface area contributed by atoms with Crippen molar-refractivity contribution in [1.29, 1.82) is 0 Å². The predicted molar refractivity (Wildman–Crippen MR) is 285 cm³/mol. The van der Waals surface area contributed by atoms with Crippen LogP contribution in [0.1, 0.15) is 185 Å². The van der Waals surface area contributed by atoms with Gasteiger partial charge >= 0.3 is 11.9 Å². The van der Waals surface area contributed by atoms with Gasteiger partial charge in [0.1, 0.15) is 35.7 Å². The van der Waals surface area contributed by atoms with E-state index in [1.54, 1.807) is 59.1 Å². The van der Waals surface area contributed by atoms with Crippen LogP contribution in [0.25, 0.3) is 12.2 Å². The first-order valence-corrected chi connectivity index (χ1v) is 27.3. The molecule has 0 aromatic carbocycles. The van der Waals surface area contributed by atoms with Crippen molar-refractivity contribution in [3.8, 4) is 0 Å². The number of fused-ring (bicyclic) bond motifs is 2. The van der Waals surface area contributed by atoms with E-state index in [1.165, 1.54) is 0 Å². The molecule has 6 heterocycles. The zero-order valence-electron chi connectivity index (χ0n) is 46.4. The molecule has 15 heteroatoms. The van der Waals surface area contributed by atoms with Crippen LogP contribution in [0.3, 0.4) is 0 Å². The number of rotatable bonds is 4. The van der Waals surface area contributed by atoms with Gasteiger partial charge in [0.2, 0.25) is 0 Å². The number of ketones is 2. The molecule has 4 aliphatic heterocycles. The highest BCUT2D eigenvalue weighted by Crippen LogP contribution is 2.49. The second-order valence-electron chi connectivity index (χ2n) is 23.9. The van der Waals surface area contributed by atoms with Crippen molar-refractivity contribution >= 4 is 47.0 Å². The fourth-order valence-electron chi connectivity index (χ4n) is 11.4. The Hall–Kier alpha value is -3.60. The largest absolute Gasteiger partial charge is 0.457 e. The molecule has 0 saturated carbocycles. The van der Waals surface area contributed by atoms with Gasteiger partial charge in [-0.1, -0.05) is 103 Å². The van der Waals surface area contributed by atoms with E-state index < -0.39 is 59.2 Å². The fourth-order valence-corrected chi connectivity index (χ4v) is 12.0. The minimum absolute atomic E-state index is 0. The van der Waals surface area contributed by atoms with Crippen molar-refractivity contribution < 1.29 is 57.9 Å². The van der Waals surface area contributed by atoms with Gasteiger partial charge < -0.3 is 38.7 Å². The second kappa shape index (κ2) is 24.6. The predicted octanol–water partition coefficient (Wildman–Crippen LogP) is 10.9. The molecule has 0 unspecified atom stereocenters. The van der Waals surface area contributed by atoms with E-state index in [0.717, 1.165) is 60.4 Å². The Morgan fingerprint density at radius 3 is 1.51 bits per heavy atom. The Labute approximate surface area is 440 Å². The van der Waals surface area contributed by atoms with Gasteiger partial charge in [-0.25, -0.2) is 9.97 Å². The Morgan fingerprint density at radius 2 is 1.08 bits per heavy atom. The number of carbonyl (C=O) groups is 4. The molecule has 73 heavy (non-hydrogen) atoms. The molecular weight excluding hydrogens is 949 g/mol. The molecule has 0 bridgehead atoms. The van der Waals surface area contributed by atoms with Crippen molar-refractivity contribution in [1.82, 2.24) is 9.97 Å². The van der Waals surface area contributed by atoms with Gasteiger partial charge in [0.05, 0.1) is 76.1 Å². The smallest absolute Gasteiger partial charge is 0.309 e. The van der Waals surface area contributed by atoms with Crippen LogP contribution in [0, 0.1) is 66.1 Å². The molecule has 2 aromatic rings. The number of hydrogen-bond acceptors (Lipinski definition) is 15. The average Bonchev–Trinajstić information content (AvgIpc) is 4.04. The third kappa shape index (κ3) is 14.9. The minimum atomic E-state index is -1.24. The summed E-state index contributed by atoms with van der Waals surface area (Å²) < 4.78 is 29.7. The summed E-state index contributed by atoms with van der Waals surface area (Å²) in [6, 6.07) is 0. The summed E-state index contributed by atoms with van der Waals surface area (Å²) in [6.45, 7) is 32.5. The molecule has 0 aliphatic carbocycles.